The van der Waals surface area contributed by atoms with Crippen LogP contribution >= 0.6 is 0 Å². The van der Waals surface area contributed by atoms with E-state index < -0.39 is 5.97 Å². The number of aliphatic carboxylic acids is 1. The largest absolute Gasteiger partial charge is 0.481 e. The molecule has 4 nitrogen and oxygen atoms in total. The summed E-state index contributed by atoms with van der Waals surface area (Å²) in [4.78, 5) is 21.8. The molecule has 0 bridgehead atoms. The first kappa shape index (κ1) is 17.0. The zero-order valence-corrected chi connectivity index (χ0v) is 12.2. The summed E-state index contributed by atoms with van der Waals surface area (Å²) in [6, 6.07) is 8.97. The van der Waals surface area contributed by atoms with E-state index in [0.717, 1.165) is 38.5 Å². The van der Waals surface area contributed by atoms with Crippen LogP contribution in [0.15, 0.2) is 42.5 Å². The lowest BCUT2D eigenvalue weighted by molar-refractivity contribution is -0.137. The highest BCUT2D eigenvalue weighted by molar-refractivity contribution is 5.83. The lowest BCUT2D eigenvalue weighted by Crippen LogP contribution is -2.03. The summed E-state index contributed by atoms with van der Waals surface area (Å²) in [5, 5.41) is 8.49. The van der Waals surface area contributed by atoms with Gasteiger partial charge in [0.25, 0.3) is 0 Å². The summed E-state index contributed by atoms with van der Waals surface area (Å²) in [5.41, 5.74) is 0. The van der Waals surface area contributed by atoms with Gasteiger partial charge in [-0.1, -0.05) is 43.5 Å². The van der Waals surface area contributed by atoms with Crippen molar-refractivity contribution >= 4 is 11.9 Å². The highest BCUT2D eigenvalue weighted by Crippen LogP contribution is 2.10. The van der Waals surface area contributed by atoms with E-state index >= 15 is 0 Å². The minimum atomic E-state index is -0.727. The molecule has 0 aliphatic carbocycles. The lowest BCUT2D eigenvalue weighted by Gasteiger charge is -2.00. The van der Waals surface area contributed by atoms with Crippen molar-refractivity contribution in [2.45, 2.75) is 44.9 Å². The van der Waals surface area contributed by atoms with Crippen LogP contribution in [0.5, 0.6) is 5.75 Å². The predicted octanol–water partition coefficient (Wildman–Crippen LogP) is 3.96. The molecule has 4 heteroatoms. The fourth-order valence-corrected chi connectivity index (χ4v) is 1.89. The van der Waals surface area contributed by atoms with E-state index in [1.807, 2.05) is 24.3 Å². The Bertz CT molecular complexity index is 451. The number of carboxylic acids is 1. The van der Waals surface area contributed by atoms with Gasteiger partial charge in [-0.15, -0.1) is 0 Å². The molecule has 1 aromatic carbocycles. The molecule has 0 atom stereocenters. The topological polar surface area (TPSA) is 63.6 Å². The number of allylic oxidation sites excluding steroid dienone is 1. The molecule has 0 aliphatic rings. The minimum Gasteiger partial charge on any atom is -0.481 e. The van der Waals surface area contributed by atoms with Crippen LogP contribution in [0, 0.1) is 0 Å². The van der Waals surface area contributed by atoms with Crippen LogP contribution in [0.25, 0.3) is 0 Å². The zero-order valence-electron chi connectivity index (χ0n) is 12.2. The zero-order chi connectivity index (χ0) is 15.3. The molecule has 0 radical (unpaired) electrons. The first-order valence-corrected chi connectivity index (χ1v) is 7.33. The van der Waals surface area contributed by atoms with E-state index in [1.165, 1.54) is 6.08 Å². The van der Waals surface area contributed by atoms with Crippen molar-refractivity contribution in [2.24, 2.45) is 0 Å². The maximum atomic E-state index is 11.5. The minimum absolute atomic E-state index is 0.255. The van der Waals surface area contributed by atoms with Gasteiger partial charge < -0.3 is 9.84 Å². The van der Waals surface area contributed by atoms with Gasteiger partial charge in [0.15, 0.2) is 0 Å². The van der Waals surface area contributed by atoms with Crippen LogP contribution in [0.2, 0.25) is 0 Å². The first-order valence-electron chi connectivity index (χ1n) is 7.33. The monoisotopic (exact) mass is 290 g/mol. The third kappa shape index (κ3) is 9.44. The number of unbranched alkanes of at least 4 members (excludes halogenated alkanes) is 5. The highest BCUT2D eigenvalue weighted by Gasteiger charge is 1.98. The molecule has 1 N–H and O–H groups in total. The van der Waals surface area contributed by atoms with Gasteiger partial charge in [0.1, 0.15) is 5.75 Å². The average molecular weight is 290 g/mol. The van der Waals surface area contributed by atoms with Crippen molar-refractivity contribution in [1.82, 2.24) is 0 Å². The standard InChI is InChI=1S/C17H22O4/c18-16(19)13-9-4-2-1-3-5-10-14-17(20)21-15-11-7-6-8-12-15/h6-8,10-12,14H,1-5,9,13H2,(H,18,19). The Hall–Kier alpha value is -2.10. The van der Waals surface area contributed by atoms with Crippen LogP contribution in [0.4, 0.5) is 0 Å². The molecular formula is C17H22O4. The third-order valence-electron chi connectivity index (χ3n) is 2.98. The molecule has 0 unspecified atom stereocenters. The molecule has 1 rings (SSSR count). The molecule has 0 saturated heterocycles. The lowest BCUT2D eigenvalue weighted by atomic mass is 10.1. The number of carbonyl (C=O) groups excluding carboxylic acids is 1. The summed E-state index contributed by atoms with van der Waals surface area (Å²) < 4.78 is 5.12. The normalized spacial score (nSPS) is 10.7. The van der Waals surface area contributed by atoms with Gasteiger partial charge >= 0.3 is 11.9 Å². The van der Waals surface area contributed by atoms with E-state index in [1.54, 1.807) is 12.1 Å². The number of ether oxygens (including phenoxy) is 1. The average Bonchev–Trinajstić information content (AvgIpc) is 2.46. The molecule has 0 aliphatic heterocycles. The SMILES string of the molecule is O=C(O)CCCCCCCC=CC(=O)Oc1ccccc1. The first-order chi connectivity index (χ1) is 10.2. The Balaban J connectivity index is 2.01. The second-order valence-electron chi connectivity index (χ2n) is 4.84. The second kappa shape index (κ2) is 10.7. The predicted molar refractivity (Wildman–Crippen MR) is 81.2 cm³/mol. The molecule has 0 aromatic heterocycles. The Labute approximate surface area is 125 Å². The molecule has 0 fully saturated rings. The van der Waals surface area contributed by atoms with E-state index in [0.29, 0.717) is 5.75 Å². The summed E-state index contributed by atoms with van der Waals surface area (Å²) in [6.45, 7) is 0. The van der Waals surface area contributed by atoms with Crippen LogP contribution in [0.3, 0.4) is 0 Å². The van der Waals surface area contributed by atoms with Gasteiger partial charge in [-0.05, 0) is 31.4 Å². The number of carboxylic acid groups (broad SMARTS) is 1. The Kier molecular flexibility index (Phi) is 8.61. The van der Waals surface area contributed by atoms with Crippen LogP contribution < -0.4 is 4.74 Å². The van der Waals surface area contributed by atoms with Crippen LogP contribution in [0.1, 0.15) is 44.9 Å². The number of hydrogen-bond acceptors (Lipinski definition) is 3. The van der Waals surface area contributed by atoms with E-state index in [4.69, 9.17) is 9.84 Å². The van der Waals surface area contributed by atoms with Gasteiger partial charge in [-0.3, -0.25) is 4.79 Å². The molecule has 0 spiro atoms. The van der Waals surface area contributed by atoms with Gasteiger partial charge in [0, 0.05) is 12.5 Å². The summed E-state index contributed by atoms with van der Waals surface area (Å²) >= 11 is 0. The van der Waals surface area contributed by atoms with Crippen molar-refractivity contribution in [3.05, 3.63) is 42.5 Å². The van der Waals surface area contributed by atoms with Crippen molar-refractivity contribution in [3.8, 4) is 5.75 Å². The molecule has 0 saturated carbocycles. The third-order valence-corrected chi connectivity index (χ3v) is 2.98. The Morgan fingerprint density at radius 2 is 1.67 bits per heavy atom. The van der Waals surface area contributed by atoms with Crippen molar-refractivity contribution in [1.29, 1.82) is 0 Å². The number of hydrogen-bond donors (Lipinski definition) is 1. The van der Waals surface area contributed by atoms with Crippen molar-refractivity contribution in [2.75, 3.05) is 0 Å². The smallest absolute Gasteiger partial charge is 0.335 e. The van der Waals surface area contributed by atoms with Crippen LogP contribution in [-0.2, 0) is 9.59 Å². The van der Waals surface area contributed by atoms with Crippen molar-refractivity contribution < 1.29 is 19.4 Å². The number of benzene rings is 1. The van der Waals surface area contributed by atoms with Gasteiger partial charge in [-0.25, -0.2) is 4.79 Å². The summed E-state index contributed by atoms with van der Waals surface area (Å²) in [7, 11) is 0. The van der Waals surface area contributed by atoms with Crippen LogP contribution in [-0.4, -0.2) is 17.0 Å². The molecule has 1 aromatic rings. The van der Waals surface area contributed by atoms with Gasteiger partial charge in [-0.2, -0.15) is 0 Å². The molecule has 114 valence electrons. The van der Waals surface area contributed by atoms with E-state index in [-0.39, 0.29) is 12.4 Å². The summed E-state index contributed by atoms with van der Waals surface area (Å²) in [5.74, 6) is -0.539. The maximum Gasteiger partial charge on any atom is 0.335 e. The molecule has 21 heavy (non-hydrogen) atoms. The number of para-hydroxylation sites is 1. The number of rotatable bonds is 10. The fourth-order valence-electron chi connectivity index (χ4n) is 1.89. The van der Waals surface area contributed by atoms with Gasteiger partial charge in [0.2, 0.25) is 0 Å². The van der Waals surface area contributed by atoms with Gasteiger partial charge in [0.05, 0.1) is 0 Å². The molecule has 0 amide bonds. The quantitative estimate of drug-likeness (QED) is 0.306. The fraction of sp³-hybridized carbons (Fsp3) is 0.412. The molecular weight excluding hydrogens is 268 g/mol. The molecule has 0 heterocycles. The summed E-state index contributed by atoms with van der Waals surface area (Å²) in [6.07, 6.45) is 9.16. The number of esters is 1. The van der Waals surface area contributed by atoms with E-state index in [9.17, 15) is 9.59 Å². The van der Waals surface area contributed by atoms with E-state index in [2.05, 4.69) is 0 Å². The Morgan fingerprint density at radius 1 is 1.00 bits per heavy atom. The Morgan fingerprint density at radius 3 is 2.38 bits per heavy atom. The van der Waals surface area contributed by atoms with Crippen molar-refractivity contribution in [3.63, 3.8) is 0 Å². The maximum absolute atomic E-state index is 11.5. The second-order valence-corrected chi connectivity index (χ2v) is 4.84. The highest BCUT2D eigenvalue weighted by atomic mass is 16.5. The number of carbonyl (C=O) groups is 2.